The van der Waals surface area contributed by atoms with Gasteiger partial charge in [-0.15, -0.1) is 0 Å². The number of ether oxygens (including phenoxy) is 1. The van der Waals surface area contributed by atoms with Crippen molar-refractivity contribution >= 4 is 0 Å². The first-order valence-electron chi connectivity index (χ1n) is 5.08. The highest BCUT2D eigenvalue weighted by Gasteiger charge is 2.43. The highest BCUT2D eigenvalue weighted by Crippen LogP contribution is 2.28. The Morgan fingerprint density at radius 1 is 1.35 bits per heavy atom. The Kier molecular flexibility index (Phi) is 3.16. The molecule has 0 radical (unpaired) electrons. The molecule has 1 aliphatic rings. The van der Waals surface area contributed by atoms with Crippen molar-refractivity contribution < 1.29 is 25.2 Å². The number of hydrogen-bond acceptors (Lipinski definition) is 6. The molecule has 4 atom stereocenters. The fourth-order valence-electron chi connectivity index (χ4n) is 1.80. The highest BCUT2D eigenvalue weighted by molar-refractivity contribution is 5.16. The van der Waals surface area contributed by atoms with Crippen LogP contribution in [0, 0.1) is 0 Å². The summed E-state index contributed by atoms with van der Waals surface area (Å²) < 4.78 is 6.22. The molecule has 0 bridgehead atoms. The van der Waals surface area contributed by atoms with Gasteiger partial charge in [0.15, 0.2) is 6.23 Å². The predicted molar refractivity (Wildman–Crippen MR) is 55.4 cm³/mol. The third kappa shape index (κ3) is 2.05. The van der Waals surface area contributed by atoms with Gasteiger partial charge in [-0.05, 0) is 6.07 Å². The number of aliphatic hydroxyl groups excluding tert-OH is 3. The first-order valence-corrected chi connectivity index (χ1v) is 5.08. The highest BCUT2D eigenvalue weighted by atomic mass is 16.6. The van der Waals surface area contributed by atoms with Crippen molar-refractivity contribution in [2.45, 2.75) is 24.5 Å². The fourth-order valence-corrected chi connectivity index (χ4v) is 1.80. The molecule has 0 saturated carbocycles. The zero-order chi connectivity index (χ0) is 12.6. The smallest absolute Gasteiger partial charge is 0.256 e. The van der Waals surface area contributed by atoms with Gasteiger partial charge in [-0.25, -0.2) is 0 Å². The standard InChI is InChI=1S/C10H13NO6/c12-4-6-8(15)9(16)10(17-6)11-2-1-5(13)3-7(11)14/h1-3,6,8-10,12-13,15-16H,4H2/t6-,8-,9-,10+/m1/s1. The fraction of sp³-hybridized carbons (Fsp3) is 0.500. The summed E-state index contributed by atoms with van der Waals surface area (Å²) in [6, 6.07) is 2.23. The first kappa shape index (κ1) is 12.1. The molecular formula is C10H13NO6. The molecule has 1 fully saturated rings. The molecule has 1 saturated heterocycles. The Labute approximate surface area is 96.1 Å². The van der Waals surface area contributed by atoms with Crippen molar-refractivity contribution in [3.63, 3.8) is 0 Å². The number of aromatic nitrogens is 1. The molecule has 1 aliphatic heterocycles. The van der Waals surface area contributed by atoms with Gasteiger partial charge < -0.3 is 25.2 Å². The minimum atomic E-state index is -1.31. The minimum absolute atomic E-state index is 0.196. The Morgan fingerprint density at radius 3 is 2.59 bits per heavy atom. The number of nitrogens with zero attached hydrogens (tertiary/aromatic N) is 1. The SMILES string of the molecule is O=c1cc(O)ccn1[C@H]1O[C@H](CO)[C@@H](O)[C@H]1O. The molecule has 0 unspecified atom stereocenters. The van der Waals surface area contributed by atoms with E-state index in [1.165, 1.54) is 12.3 Å². The van der Waals surface area contributed by atoms with Crippen molar-refractivity contribution in [1.29, 1.82) is 0 Å². The number of hydrogen-bond donors (Lipinski definition) is 4. The third-order valence-corrected chi connectivity index (χ3v) is 2.72. The molecule has 1 aromatic rings. The van der Waals surface area contributed by atoms with Crippen LogP contribution in [0.1, 0.15) is 6.23 Å². The molecule has 0 aliphatic carbocycles. The topological polar surface area (TPSA) is 112 Å². The van der Waals surface area contributed by atoms with Gasteiger partial charge in [-0.2, -0.15) is 0 Å². The van der Waals surface area contributed by atoms with Gasteiger partial charge in [0.1, 0.15) is 24.1 Å². The van der Waals surface area contributed by atoms with Crippen molar-refractivity contribution in [2.24, 2.45) is 0 Å². The van der Waals surface area contributed by atoms with Crippen LogP contribution in [0.3, 0.4) is 0 Å². The molecule has 4 N–H and O–H groups in total. The zero-order valence-corrected chi connectivity index (χ0v) is 8.80. The van der Waals surface area contributed by atoms with Gasteiger partial charge in [0.25, 0.3) is 5.56 Å². The summed E-state index contributed by atoms with van der Waals surface area (Å²) in [5.41, 5.74) is -0.570. The van der Waals surface area contributed by atoms with Gasteiger partial charge in [0.2, 0.25) is 0 Å². The van der Waals surface area contributed by atoms with Crippen molar-refractivity contribution in [1.82, 2.24) is 4.57 Å². The van der Waals surface area contributed by atoms with Crippen LogP contribution in [0.2, 0.25) is 0 Å². The molecular weight excluding hydrogens is 230 g/mol. The van der Waals surface area contributed by atoms with E-state index in [0.717, 1.165) is 10.6 Å². The molecule has 7 nitrogen and oxygen atoms in total. The van der Waals surface area contributed by atoms with Crippen LogP contribution in [-0.4, -0.2) is 49.9 Å². The molecule has 0 amide bonds. The Hall–Kier alpha value is -1.41. The lowest BCUT2D eigenvalue weighted by molar-refractivity contribution is -0.0544. The summed E-state index contributed by atoms with van der Waals surface area (Å²) in [4.78, 5) is 11.5. The largest absolute Gasteiger partial charge is 0.508 e. The lowest BCUT2D eigenvalue weighted by atomic mass is 10.1. The summed E-state index contributed by atoms with van der Waals surface area (Å²) in [5.74, 6) is -0.196. The Bertz CT molecular complexity index is 458. The van der Waals surface area contributed by atoms with Crippen LogP contribution in [0.15, 0.2) is 23.1 Å². The van der Waals surface area contributed by atoms with Crippen LogP contribution < -0.4 is 5.56 Å². The molecule has 2 heterocycles. The van der Waals surface area contributed by atoms with E-state index in [-0.39, 0.29) is 5.75 Å². The van der Waals surface area contributed by atoms with E-state index in [4.69, 9.17) is 14.9 Å². The van der Waals surface area contributed by atoms with E-state index in [9.17, 15) is 15.0 Å². The maximum atomic E-state index is 11.5. The van der Waals surface area contributed by atoms with E-state index in [1.54, 1.807) is 0 Å². The summed E-state index contributed by atoms with van der Waals surface area (Å²) in [7, 11) is 0. The number of aromatic hydroxyl groups is 1. The second-order valence-corrected chi connectivity index (χ2v) is 3.86. The quantitative estimate of drug-likeness (QED) is 0.486. The normalized spacial score (nSPS) is 32.9. The molecule has 2 rings (SSSR count). The number of aliphatic hydroxyl groups is 3. The summed E-state index contributed by atoms with van der Waals surface area (Å²) in [5, 5.41) is 37.2. The molecule has 1 aromatic heterocycles. The van der Waals surface area contributed by atoms with E-state index in [1.807, 2.05) is 0 Å². The maximum Gasteiger partial charge on any atom is 0.256 e. The van der Waals surface area contributed by atoms with Crippen LogP contribution in [0.5, 0.6) is 5.75 Å². The molecule has 7 heteroatoms. The van der Waals surface area contributed by atoms with Crippen molar-refractivity contribution in [3.05, 3.63) is 28.7 Å². The van der Waals surface area contributed by atoms with Gasteiger partial charge >= 0.3 is 0 Å². The summed E-state index contributed by atoms with van der Waals surface area (Å²) >= 11 is 0. The molecule has 0 aromatic carbocycles. The zero-order valence-electron chi connectivity index (χ0n) is 8.80. The van der Waals surface area contributed by atoms with E-state index in [2.05, 4.69) is 0 Å². The third-order valence-electron chi connectivity index (χ3n) is 2.72. The lowest BCUT2D eigenvalue weighted by Crippen LogP contribution is -2.35. The average molecular weight is 243 g/mol. The minimum Gasteiger partial charge on any atom is -0.508 e. The predicted octanol–water partition coefficient (Wildman–Crippen LogP) is -1.83. The van der Waals surface area contributed by atoms with Crippen molar-refractivity contribution in [3.8, 4) is 5.75 Å². The van der Waals surface area contributed by atoms with Crippen LogP contribution >= 0.6 is 0 Å². The van der Waals surface area contributed by atoms with Gasteiger partial charge in [0.05, 0.1) is 6.61 Å². The average Bonchev–Trinajstić information content (AvgIpc) is 2.57. The molecule has 0 spiro atoms. The molecule has 17 heavy (non-hydrogen) atoms. The van der Waals surface area contributed by atoms with E-state index in [0.29, 0.717) is 0 Å². The van der Waals surface area contributed by atoms with Crippen LogP contribution in [0.25, 0.3) is 0 Å². The Morgan fingerprint density at radius 2 is 2.06 bits per heavy atom. The lowest BCUT2D eigenvalue weighted by Gasteiger charge is -2.17. The van der Waals surface area contributed by atoms with Gasteiger partial charge in [-0.3, -0.25) is 9.36 Å². The van der Waals surface area contributed by atoms with Gasteiger partial charge in [-0.1, -0.05) is 0 Å². The van der Waals surface area contributed by atoms with Crippen LogP contribution in [0.4, 0.5) is 0 Å². The maximum absolute atomic E-state index is 11.5. The van der Waals surface area contributed by atoms with E-state index >= 15 is 0 Å². The number of rotatable bonds is 2. The molecule has 94 valence electrons. The summed E-state index contributed by atoms with van der Waals surface area (Å²) in [6.45, 7) is -0.457. The monoisotopic (exact) mass is 243 g/mol. The van der Waals surface area contributed by atoms with E-state index < -0.39 is 36.7 Å². The summed E-state index contributed by atoms with van der Waals surface area (Å²) in [6.07, 6.45) is -3.33. The second kappa shape index (κ2) is 4.46. The number of pyridine rings is 1. The first-order chi connectivity index (χ1) is 8.04. The second-order valence-electron chi connectivity index (χ2n) is 3.86. The van der Waals surface area contributed by atoms with Crippen LogP contribution in [-0.2, 0) is 4.74 Å². The Balaban J connectivity index is 2.32. The van der Waals surface area contributed by atoms with Gasteiger partial charge in [0, 0.05) is 12.3 Å². The van der Waals surface area contributed by atoms with Crippen molar-refractivity contribution in [2.75, 3.05) is 6.61 Å².